The summed E-state index contributed by atoms with van der Waals surface area (Å²) in [5.41, 5.74) is 2.03. The summed E-state index contributed by atoms with van der Waals surface area (Å²) in [5.74, 6) is 1.93. The molecule has 0 amide bonds. The van der Waals surface area contributed by atoms with E-state index in [4.69, 9.17) is 0 Å². The molecule has 120 valence electrons. The Kier molecular flexibility index (Phi) is 3.60. The molecule has 0 radical (unpaired) electrons. The van der Waals surface area contributed by atoms with Gasteiger partial charge in [0.25, 0.3) is 0 Å². The summed E-state index contributed by atoms with van der Waals surface area (Å²) in [7, 11) is 0. The van der Waals surface area contributed by atoms with E-state index in [0.717, 1.165) is 18.3 Å². The van der Waals surface area contributed by atoms with Crippen molar-refractivity contribution in [2.24, 2.45) is 28.6 Å². The fourth-order valence-electron chi connectivity index (χ4n) is 6.12. The Labute approximate surface area is 131 Å². The predicted octanol–water partition coefficient (Wildman–Crippen LogP) is 5.34. The Bertz CT molecular complexity index is 447. The van der Waals surface area contributed by atoms with Crippen LogP contribution in [0, 0.1) is 28.6 Å². The van der Waals surface area contributed by atoms with Crippen LogP contribution in [-0.4, -0.2) is 10.7 Å². The van der Waals surface area contributed by atoms with E-state index >= 15 is 0 Å². The van der Waals surface area contributed by atoms with Crippen LogP contribution in [0.5, 0.6) is 0 Å². The van der Waals surface area contributed by atoms with Crippen LogP contribution in [0.25, 0.3) is 0 Å². The van der Waals surface area contributed by atoms with Gasteiger partial charge in [-0.15, -0.1) is 0 Å². The van der Waals surface area contributed by atoms with E-state index in [1.165, 1.54) is 38.5 Å². The predicted molar refractivity (Wildman–Crippen MR) is 89.1 cm³/mol. The number of rotatable bonds is 1. The van der Waals surface area contributed by atoms with Gasteiger partial charge in [-0.25, -0.2) is 0 Å². The molecule has 0 aliphatic heterocycles. The second kappa shape index (κ2) is 4.85. The normalized spacial score (nSPS) is 45.8. The van der Waals surface area contributed by atoms with Gasteiger partial charge in [-0.3, -0.25) is 0 Å². The van der Waals surface area contributed by atoms with Gasteiger partial charge in [0.1, 0.15) is 0 Å². The smallest absolute Gasteiger partial charge is 0.0853 e. The molecule has 3 aliphatic rings. The molecule has 0 aromatic carbocycles. The molecule has 3 aliphatic carbocycles. The number of fused-ring (bicyclic) bond motifs is 3. The molecule has 2 unspecified atom stereocenters. The molecule has 0 aromatic rings. The topological polar surface area (TPSA) is 20.2 Å². The molecule has 1 nitrogen and oxygen atoms in total. The van der Waals surface area contributed by atoms with Gasteiger partial charge in [0.05, 0.1) is 5.60 Å². The molecule has 0 saturated heterocycles. The van der Waals surface area contributed by atoms with Gasteiger partial charge in [-0.2, -0.15) is 0 Å². The van der Waals surface area contributed by atoms with Crippen LogP contribution in [0.4, 0.5) is 0 Å². The van der Waals surface area contributed by atoms with Gasteiger partial charge in [0.15, 0.2) is 0 Å². The highest BCUT2D eigenvalue weighted by atomic mass is 16.3. The first kappa shape index (κ1) is 15.6. The highest BCUT2D eigenvalue weighted by Crippen LogP contribution is 2.63. The van der Waals surface area contributed by atoms with Crippen LogP contribution in [0.1, 0.15) is 79.6 Å². The quantitative estimate of drug-likeness (QED) is 0.647. The van der Waals surface area contributed by atoms with Gasteiger partial charge >= 0.3 is 0 Å². The highest BCUT2D eigenvalue weighted by molar-refractivity contribution is 5.25. The van der Waals surface area contributed by atoms with Gasteiger partial charge in [-0.05, 0) is 67.1 Å². The first-order valence-corrected chi connectivity index (χ1v) is 9.13. The molecule has 0 aromatic heterocycles. The lowest BCUT2D eigenvalue weighted by atomic mass is 9.46. The van der Waals surface area contributed by atoms with Crippen molar-refractivity contribution in [1.29, 1.82) is 0 Å². The molecule has 1 N–H and O–H groups in total. The van der Waals surface area contributed by atoms with Crippen LogP contribution < -0.4 is 0 Å². The second-order valence-corrected chi connectivity index (χ2v) is 9.40. The number of aliphatic hydroxyl groups is 1. The summed E-state index contributed by atoms with van der Waals surface area (Å²) in [4.78, 5) is 0. The minimum Gasteiger partial charge on any atom is -0.386 e. The third-order valence-electron chi connectivity index (χ3n) is 7.51. The second-order valence-electron chi connectivity index (χ2n) is 9.40. The number of allylic oxidation sites excluding steroid dienone is 1. The standard InChI is InChI=1S/C20H34O/c1-14(2)20(21)12-9-16-15(13-20)7-8-17-18(3,4)10-6-11-19(16,17)5/h13-14,16-17,21H,6-12H2,1-5H3/t16-,17?,19+,20?/m0/s1. The Morgan fingerprint density at radius 3 is 2.48 bits per heavy atom. The third-order valence-corrected chi connectivity index (χ3v) is 7.51. The minimum absolute atomic E-state index is 0.333. The van der Waals surface area contributed by atoms with E-state index in [2.05, 4.69) is 40.7 Å². The fraction of sp³-hybridized carbons (Fsp3) is 0.900. The average molecular weight is 290 g/mol. The van der Waals surface area contributed by atoms with Crippen molar-refractivity contribution in [3.05, 3.63) is 11.6 Å². The van der Waals surface area contributed by atoms with Gasteiger partial charge < -0.3 is 5.11 Å². The van der Waals surface area contributed by atoms with Crippen molar-refractivity contribution in [2.75, 3.05) is 0 Å². The maximum absolute atomic E-state index is 10.9. The largest absolute Gasteiger partial charge is 0.386 e. The minimum atomic E-state index is -0.542. The van der Waals surface area contributed by atoms with Crippen LogP contribution in [-0.2, 0) is 0 Å². The van der Waals surface area contributed by atoms with E-state index in [-0.39, 0.29) is 0 Å². The molecule has 0 heterocycles. The molecular formula is C20H34O. The Morgan fingerprint density at radius 1 is 1.10 bits per heavy atom. The van der Waals surface area contributed by atoms with Crippen LogP contribution >= 0.6 is 0 Å². The molecule has 0 spiro atoms. The summed E-state index contributed by atoms with van der Waals surface area (Å²) in [6.45, 7) is 11.9. The van der Waals surface area contributed by atoms with Crippen molar-refractivity contribution in [3.8, 4) is 0 Å². The lowest BCUT2D eigenvalue weighted by Gasteiger charge is -2.59. The molecule has 2 fully saturated rings. The van der Waals surface area contributed by atoms with Crippen molar-refractivity contribution < 1.29 is 5.11 Å². The maximum atomic E-state index is 10.9. The van der Waals surface area contributed by atoms with Gasteiger partial charge in [0.2, 0.25) is 0 Å². The average Bonchev–Trinajstić information content (AvgIpc) is 2.37. The van der Waals surface area contributed by atoms with Crippen LogP contribution in [0.3, 0.4) is 0 Å². The summed E-state index contributed by atoms with van der Waals surface area (Å²) < 4.78 is 0. The Hall–Kier alpha value is -0.300. The van der Waals surface area contributed by atoms with Crippen molar-refractivity contribution in [2.45, 2.75) is 85.2 Å². The van der Waals surface area contributed by atoms with Crippen LogP contribution in [0.15, 0.2) is 11.6 Å². The first-order chi connectivity index (χ1) is 9.69. The summed E-state index contributed by atoms with van der Waals surface area (Å²) in [5, 5.41) is 10.9. The first-order valence-electron chi connectivity index (χ1n) is 9.13. The molecule has 3 rings (SSSR count). The zero-order chi connectivity index (χ0) is 15.5. The fourth-order valence-corrected chi connectivity index (χ4v) is 6.12. The lowest BCUT2D eigenvalue weighted by molar-refractivity contribution is -0.0709. The van der Waals surface area contributed by atoms with Gasteiger partial charge in [-0.1, -0.05) is 52.7 Å². The van der Waals surface area contributed by atoms with E-state index in [0.29, 0.717) is 16.7 Å². The van der Waals surface area contributed by atoms with E-state index in [9.17, 15) is 5.11 Å². The Balaban J connectivity index is 1.95. The zero-order valence-corrected chi connectivity index (χ0v) is 14.7. The summed E-state index contributed by atoms with van der Waals surface area (Å²) in [6, 6.07) is 0. The molecule has 21 heavy (non-hydrogen) atoms. The summed E-state index contributed by atoms with van der Waals surface area (Å²) in [6.07, 6.45) is 11.2. The molecule has 1 heteroatoms. The molecule has 0 bridgehead atoms. The van der Waals surface area contributed by atoms with Gasteiger partial charge in [0, 0.05) is 0 Å². The lowest BCUT2D eigenvalue weighted by Crippen LogP contribution is -2.52. The third kappa shape index (κ3) is 2.31. The molecule has 4 atom stereocenters. The van der Waals surface area contributed by atoms with E-state index in [1.807, 2.05) is 0 Å². The molecule has 2 saturated carbocycles. The summed E-state index contributed by atoms with van der Waals surface area (Å²) >= 11 is 0. The molecular weight excluding hydrogens is 256 g/mol. The Morgan fingerprint density at radius 2 is 1.81 bits per heavy atom. The number of hydrogen-bond donors (Lipinski definition) is 1. The SMILES string of the molecule is CC(C)C1(O)C=C2CCC3C(C)(C)CCC[C@]3(C)[C@H]2CC1. The van der Waals surface area contributed by atoms with E-state index < -0.39 is 5.60 Å². The van der Waals surface area contributed by atoms with Crippen LogP contribution in [0.2, 0.25) is 0 Å². The zero-order valence-electron chi connectivity index (χ0n) is 14.7. The van der Waals surface area contributed by atoms with Crippen molar-refractivity contribution in [1.82, 2.24) is 0 Å². The monoisotopic (exact) mass is 290 g/mol. The van der Waals surface area contributed by atoms with Crippen molar-refractivity contribution in [3.63, 3.8) is 0 Å². The number of hydrogen-bond acceptors (Lipinski definition) is 1. The maximum Gasteiger partial charge on any atom is 0.0853 e. The van der Waals surface area contributed by atoms with Crippen molar-refractivity contribution >= 4 is 0 Å². The highest BCUT2D eigenvalue weighted by Gasteiger charge is 2.54. The van der Waals surface area contributed by atoms with E-state index in [1.54, 1.807) is 5.57 Å².